The highest BCUT2D eigenvalue weighted by molar-refractivity contribution is 4.78. The van der Waals surface area contributed by atoms with E-state index in [-0.39, 0.29) is 13.1 Å². The lowest BCUT2D eigenvalue weighted by molar-refractivity contribution is 0.270. The summed E-state index contributed by atoms with van der Waals surface area (Å²) in [6.07, 6.45) is 1.25. The second-order valence-electron chi connectivity index (χ2n) is 2.83. The van der Waals surface area contributed by atoms with Crippen LogP contribution in [0.2, 0.25) is 0 Å². The summed E-state index contributed by atoms with van der Waals surface area (Å²) in [4.78, 5) is 0. The Morgan fingerprint density at radius 2 is 1.56 bits per heavy atom. The Morgan fingerprint density at radius 1 is 1.11 bits per heavy atom. The average molecular weight is 130 g/mol. The van der Waals surface area contributed by atoms with Crippen LogP contribution in [0.5, 0.6) is 0 Å². The SMILES string of the molecule is C.CC1(C)NCCCN1. The first-order valence-electron chi connectivity index (χ1n) is 3.21. The number of hydrogen-bond acceptors (Lipinski definition) is 2. The van der Waals surface area contributed by atoms with Gasteiger partial charge in [-0.1, -0.05) is 7.43 Å². The molecule has 2 nitrogen and oxygen atoms in total. The highest BCUT2D eigenvalue weighted by Gasteiger charge is 2.17. The van der Waals surface area contributed by atoms with Gasteiger partial charge in [-0.05, 0) is 33.4 Å². The highest BCUT2D eigenvalue weighted by Crippen LogP contribution is 1.99. The highest BCUT2D eigenvalue weighted by atomic mass is 15.2. The lowest BCUT2D eigenvalue weighted by Gasteiger charge is -2.32. The second-order valence-corrected chi connectivity index (χ2v) is 2.83. The van der Waals surface area contributed by atoms with E-state index in [0.29, 0.717) is 0 Å². The van der Waals surface area contributed by atoms with Gasteiger partial charge >= 0.3 is 0 Å². The second kappa shape index (κ2) is 3.18. The molecule has 1 rings (SSSR count). The van der Waals surface area contributed by atoms with Crippen LogP contribution in [0.1, 0.15) is 27.7 Å². The topological polar surface area (TPSA) is 24.1 Å². The van der Waals surface area contributed by atoms with E-state index >= 15 is 0 Å². The van der Waals surface area contributed by atoms with Crippen molar-refractivity contribution in [3.63, 3.8) is 0 Å². The van der Waals surface area contributed by atoms with Gasteiger partial charge in [-0.15, -0.1) is 0 Å². The Kier molecular flexibility index (Phi) is 3.15. The number of nitrogens with one attached hydrogen (secondary N) is 2. The Labute approximate surface area is 58.0 Å². The molecule has 0 spiro atoms. The number of rotatable bonds is 0. The third kappa shape index (κ3) is 2.82. The Hall–Kier alpha value is -0.0800. The molecule has 1 saturated heterocycles. The van der Waals surface area contributed by atoms with Crippen molar-refractivity contribution in [1.82, 2.24) is 10.6 Å². The lowest BCUT2D eigenvalue weighted by atomic mass is 10.2. The molecule has 9 heavy (non-hydrogen) atoms. The Morgan fingerprint density at radius 3 is 1.78 bits per heavy atom. The third-order valence-corrected chi connectivity index (χ3v) is 1.49. The summed E-state index contributed by atoms with van der Waals surface area (Å²) in [6.45, 7) is 6.62. The molecule has 1 heterocycles. The van der Waals surface area contributed by atoms with E-state index in [4.69, 9.17) is 0 Å². The van der Waals surface area contributed by atoms with E-state index in [1.54, 1.807) is 0 Å². The molecule has 1 aliphatic heterocycles. The molecule has 0 radical (unpaired) electrons. The van der Waals surface area contributed by atoms with E-state index in [0.717, 1.165) is 13.1 Å². The van der Waals surface area contributed by atoms with Gasteiger partial charge < -0.3 is 0 Å². The Bertz CT molecular complexity index is 71.0. The molecule has 0 aromatic carbocycles. The monoisotopic (exact) mass is 130 g/mol. The van der Waals surface area contributed by atoms with E-state index < -0.39 is 0 Å². The molecule has 0 aliphatic carbocycles. The van der Waals surface area contributed by atoms with Gasteiger partial charge in [0.1, 0.15) is 0 Å². The summed E-state index contributed by atoms with van der Waals surface area (Å²) in [5, 5.41) is 6.69. The minimum atomic E-state index is 0. The zero-order chi connectivity index (χ0) is 6.04. The normalized spacial score (nSPS) is 24.7. The van der Waals surface area contributed by atoms with Crippen molar-refractivity contribution < 1.29 is 0 Å². The molecule has 56 valence electrons. The summed E-state index contributed by atoms with van der Waals surface area (Å²) in [5.41, 5.74) is 0.179. The zero-order valence-electron chi connectivity index (χ0n) is 5.62. The van der Waals surface area contributed by atoms with Gasteiger partial charge in [0, 0.05) is 0 Å². The first kappa shape index (κ1) is 8.92. The Balaban J connectivity index is 0.000000640. The van der Waals surface area contributed by atoms with Gasteiger partial charge in [0.25, 0.3) is 0 Å². The van der Waals surface area contributed by atoms with Crippen LogP contribution in [0, 0.1) is 0 Å². The first-order valence-corrected chi connectivity index (χ1v) is 3.21. The fraction of sp³-hybridized carbons (Fsp3) is 1.00. The zero-order valence-corrected chi connectivity index (χ0v) is 5.62. The van der Waals surface area contributed by atoms with Gasteiger partial charge in [-0.25, -0.2) is 0 Å². The molecule has 0 aromatic rings. The summed E-state index contributed by atoms with van der Waals surface area (Å²) in [7, 11) is 0. The summed E-state index contributed by atoms with van der Waals surface area (Å²) in [6, 6.07) is 0. The third-order valence-electron chi connectivity index (χ3n) is 1.49. The molecular formula is C7H18N2. The maximum atomic E-state index is 3.35. The van der Waals surface area contributed by atoms with Crippen LogP contribution in [0.4, 0.5) is 0 Å². The van der Waals surface area contributed by atoms with Gasteiger partial charge in [0.2, 0.25) is 0 Å². The molecular weight excluding hydrogens is 112 g/mol. The van der Waals surface area contributed by atoms with Crippen molar-refractivity contribution in [3.05, 3.63) is 0 Å². The molecule has 0 atom stereocenters. The van der Waals surface area contributed by atoms with E-state index in [2.05, 4.69) is 24.5 Å². The van der Waals surface area contributed by atoms with Crippen molar-refractivity contribution >= 4 is 0 Å². The number of hydrogen-bond donors (Lipinski definition) is 2. The van der Waals surface area contributed by atoms with Crippen LogP contribution < -0.4 is 10.6 Å². The quantitative estimate of drug-likeness (QED) is 0.510. The lowest BCUT2D eigenvalue weighted by Crippen LogP contribution is -2.56. The van der Waals surface area contributed by atoms with E-state index in [9.17, 15) is 0 Å². The van der Waals surface area contributed by atoms with Gasteiger partial charge in [-0.2, -0.15) is 0 Å². The largest absolute Gasteiger partial charge is 0.300 e. The van der Waals surface area contributed by atoms with Crippen molar-refractivity contribution in [2.75, 3.05) is 13.1 Å². The van der Waals surface area contributed by atoms with Gasteiger partial charge in [0.05, 0.1) is 5.66 Å². The van der Waals surface area contributed by atoms with Crippen LogP contribution in [-0.4, -0.2) is 18.8 Å². The minimum Gasteiger partial charge on any atom is -0.300 e. The molecule has 0 saturated carbocycles. The van der Waals surface area contributed by atoms with Crippen LogP contribution in [0.25, 0.3) is 0 Å². The predicted octanol–water partition coefficient (Wildman–Crippen LogP) is 0.942. The predicted molar refractivity (Wildman–Crippen MR) is 41.4 cm³/mol. The smallest absolute Gasteiger partial charge is 0.0629 e. The van der Waals surface area contributed by atoms with Crippen molar-refractivity contribution in [2.24, 2.45) is 0 Å². The fourth-order valence-corrected chi connectivity index (χ4v) is 0.953. The molecule has 0 amide bonds. The van der Waals surface area contributed by atoms with Crippen LogP contribution in [0.3, 0.4) is 0 Å². The van der Waals surface area contributed by atoms with Crippen LogP contribution >= 0.6 is 0 Å². The summed E-state index contributed by atoms with van der Waals surface area (Å²) < 4.78 is 0. The molecule has 0 unspecified atom stereocenters. The van der Waals surface area contributed by atoms with Crippen LogP contribution in [0.15, 0.2) is 0 Å². The maximum Gasteiger partial charge on any atom is 0.0629 e. The van der Waals surface area contributed by atoms with Crippen molar-refractivity contribution in [1.29, 1.82) is 0 Å². The standard InChI is InChI=1S/C6H14N2.CH4/c1-6(2)7-4-3-5-8-6;/h7-8H,3-5H2,1-2H3;1H4. The first-order chi connectivity index (χ1) is 3.71. The molecule has 1 fully saturated rings. The van der Waals surface area contributed by atoms with Gasteiger partial charge in [-0.3, -0.25) is 10.6 Å². The molecule has 1 aliphatic rings. The minimum absolute atomic E-state index is 0. The summed E-state index contributed by atoms with van der Waals surface area (Å²) in [5.74, 6) is 0. The van der Waals surface area contributed by atoms with E-state index in [1.807, 2.05) is 0 Å². The van der Waals surface area contributed by atoms with Gasteiger partial charge in [0.15, 0.2) is 0 Å². The molecule has 0 bridgehead atoms. The summed E-state index contributed by atoms with van der Waals surface area (Å²) >= 11 is 0. The maximum absolute atomic E-state index is 3.35. The van der Waals surface area contributed by atoms with Crippen molar-refractivity contribution in [2.45, 2.75) is 33.4 Å². The molecule has 0 aromatic heterocycles. The molecule has 2 heteroatoms. The average Bonchev–Trinajstić information content (AvgIpc) is 1.65. The fourth-order valence-electron chi connectivity index (χ4n) is 0.953. The van der Waals surface area contributed by atoms with Crippen LogP contribution in [-0.2, 0) is 0 Å². The van der Waals surface area contributed by atoms with Crippen molar-refractivity contribution in [3.8, 4) is 0 Å². The molecule has 2 N–H and O–H groups in total. The van der Waals surface area contributed by atoms with E-state index in [1.165, 1.54) is 6.42 Å².